The first-order valence-corrected chi connectivity index (χ1v) is 7.90. The van der Waals surface area contributed by atoms with Crippen molar-refractivity contribution in [2.75, 3.05) is 20.1 Å². The Labute approximate surface area is 126 Å². The average Bonchev–Trinajstić information content (AvgIpc) is 2.42. The predicted molar refractivity (Wildman–Crippen MR) is 80.2 cm³/mol. The fraction of sp³-hybridized carbons (Fsp3) is 0.867. The van der Waals surface area contributed by atoms with E-state index in [1.165, 1.54) is 4.90 Å². The molecule has 0 aromatic rings. The van der Waals surface area contributed by atoms with Crippen molar-refractivity contribution in [3.05, 3.63) is 0 Å². The summed E-state index contributed by atoms with van der Waals surface area (Å²) in [6.07, 6.45) is 3.59. The zero-order valence-corrected chi connectivity index (χ0v) is 13.2. The lowest BCUT2D eigenvalue weighted by molar-refractivity contribution is -0.145. The van der Waals surface area contributed by atoms with Gasteiger partial charge in [0.25, 0.3) is 0 Å². The third-order valence-electron chi connectivity index (χ3n) is 4.98. The Hall–Kier alpha value is -1.30. The van der Waals surface area contributed by atoms with Crippen LogP contribution in [0.1, 0.15) is 39.5 Å². The molecule has 2 rings (SSSR count). The van der Waals surface area contributed by atoms with E-state index in [-0.39, 0.29) is 18.0 Å². The van der Waals surface area contributed by atoms with Crippen LogP contribution in [0.3, 0.4) is 0 Å². The molecule has 6 nitrogen and oxygen atoms in total. The van der Waals surface area contributed by atoms with Crippen LogP contribution in [0, 0.1) is 5.92 Å². The highest BCUT2D eigenvalue weighted by Crippen LogP contribution is 2.24. The van der Waals surface area contributed by atoms with Crippen LogP contribution >= 0.6 is 0 Å². The number of nitrogens with one attached hydrogen (secondary N) is 1. The number of piperidine rings is 2. The number of carbonyl (C=O) groups excluding carboxylic acids is 1. The Morgan fingerprint density at radius 1 is 1.19 bits per heavy atom. The Morgan fingerprint density at radius 2 is 1.90 bits per heavy atom. The smallest absolute Gasteiger partial charge is 0.326 e. The molecule has 4 unspecified atom stereocenters. The van der Waals surface area contributed by atoms with E-state index in [1.54, 1.807) is 0 Å². The van der Waals surface area contributed by atoms with E-state index in [0.29, 0.717) is 12.6 Å². The molecular formula is C15H27N3O3. The molecule has 6 heteroatoms. The van der Waals surface area contributed by atoms with E-state index in [1.807, 2.05) is 6.92 Å². The molecule has 2 N–H and O–H groups in total. The molecule has 2 aliphatic heterocycles. The summed E-state index contributed by atoms with van der Waals surface area (Å²) in [6, 6.07) is -0.312. The van der Waals surface area contributed by atoms with Gasteiger partial charge in [-0.2, -0.15) is 0 Å². The molecule has 2 fully saturated rings. The highest BCUT2D eigenvalue weighted by atomic mass is 16.4. The lowest BCUT2D eigenvalue weighted by Gasteiger charge is -2.40. The van der Waals surface area contributed by atoms with Crippen molar-refractivity contribution >= 4 is 12.0 Å². The van der Waals surface area contributed by atoms with Gasteiger partial charge in [0.2, 0.25) is 0 Å². The largest absolute Gasteiger partial charge is 0.480 e. The Bertz CT molecular complexity index is 402. The maximum absolute atomic E-state index is 12.5. The molecule has 4 atom stereocenters. The summed E-state index contributed by atoms with van der Waals surface area (Å²) in [6.45, 7) is 5.57. The van der Waals surface area contributed by atoms with Crippen LogP contribution in [0.25, 0.3) is 0 Å². The van der Waals surface area contributed by atoms with Gasteiger partial charge in [-0.25, -0.2) is 9.59 Å². The standard InChI is InChI=1S/C15H27N3O3/c1-10-5-4-7-18(13(10)14(19)20)15(21)16-12-6-8-17(3)11(2)9-12/h10-13H,4-9H2,1-3H3,(H,16,21)(H,19,20). The Morgan fingerprint density at radius 3 is 2.52 bits per heavy atom. The van der Waals surface area contributed by atoms with E-state index in [2.05, 4.69) is 24.2 Å². The minimum atomic E-state index is -0.894. The van der Waals surface area contributed by atoms with Gasteiger partial charge in [0.1, 0.15) is 6.04 Å². The molecule has 2 amide bonds. The molecule has 0 saturated carbocycles. The van der Waals surface area contributed by atoms with E-state index >= 15 is 0 Å². The van der Waals surface area contributed by atoms with Crippen LogP contribution in [-0.2, 0) is 4.79 Å². The second-order valence-corrected chi connectivity index (χ2v) is 6.60. The van der Waals surface area contributed by atoms with Crippen LogP contribution in [0.5, 0.6) is 0 Å². The molecule has 0 spiro atoms. The van der Waals surface area contributed by atoms with Crippen LogP contribution < -0.4 is 5.32 Å². The SMILES string of the molecule is CC1CCCN(C(=O)NC2CCN(C)C(C)C2)C1C(=O)O. The molecule has 0 aromatic heterocycles. The third kappa shape index (κ3) is 3.67. The molecule has 2 aliphatic rings. The van der Waals surface area contributed by atoms with Crippen LogP contribution in [-0.4, -0.2) is 65.2 Å². The summed E-state index contributed by atoms with van der Waals surface area (Å²) < 4.78 is 0. The van der Waals surface area contributed by atoms with Crippen molar-refractivity contribution in [2.45, 2.75) is 57.7 Å². The van der Waals surface area contributed by atoms with Crippen molar-refractivity contribution in [3.63, 3.8) is 0 Å². The van der Waals surface area contributed by atoms with Gasteiger partial charge >= 0.3 is 12.0 Å². The van der Waals surface area contributed by atoms with Gasteiger partial charge in [0.15, 0.2) is 0 Å². The fourth-order valence-electron chi connectivity index (χ4n) is 3.47. The van der Waals surface area contributed by atoms with Gasteiger partial charge < -0.3 is 20.2 Å². The van der Waals surface area contributed by atoms with E-state index < -0.39 is 12.0 Å². The number of carbonyl (C=O) groups is 2. The number of likely N-dealkylation sites (tertiary alicyclic amines) is 2. The van der Waals surface area contributed by atoms with Crippen LogP contribution in [0.15, 0.2) is 0 Å². The monoisotopic (exact) mass is 297 g/mol. The molecule has 21 heavy (non-hydrogen) atoms. The van der Waals surface area contributed by atoms with E-state index in [0.717, 1.165) is 32.2 Å². The summed E-state index contributed by atoms with van der Waals surface area (Å²) in [5.41, 5.74) is 0. The van der Waals surface area contributed by atoms with Gasteiger partial charge in [-0.15, -0.1) is 0 Å². The maximum Gasteiger partial charge on any atom is 0.326 e. The maximum atomic E-state index is 12.5. The number of nitrogens with zero attached hydrogens (tertiary/aromatic N) is 2. The highest BCUT2D eigenvalue weighted by Gasteiger charge is 2.38. The molecule has 0 radical (unpaired) electrons. The van der Waals surface area contributed by atoms with Crippen molar-refractivity contribution < 1.29 is 14.7 Å². The second-order valence-electron chi connectivity index (χ2n) is 6.60. The predicted octanol–water partition coefficient (Wildman–Crippen LogP) is 1.36. The quantitative estimate of drug-likeness (QED) is 0.807. The summed E-state index contributed by atoms with van der Waals surface area (Å²) in [5, 5.41) is 12.4. The zero-order valence-electron chi connectivity index (χ0n) is 13.2. The highest BCUT2D eigenvalue weighted by molar-refractivity contribution is 5.83. The van der Waals surface area contributed by atoms with Crippen molar-refractivity contribution in [1.82, 2.24) is 15.1 Å². The Balaban J connectivity index is 1.97. The zero-order chi connectivity index (χ0) is 15.6. The molecule has 2 heterocycles. The number of aliphatic carboxylic acids is 1. The summed E-state index contributed by atoms with van der Waals surface area (Å²) in [7, 11) is 2.09. The van der Waals surface area contributed by atoms with Gasteiger partial charge in [-0.05, 0) is 45.6 Å². The summed E-state index contributed by atoms with van der Waals surface area (Å²) in [4.78, 5) is 27.7. The fourth-order valence-corrected chi connectivity index (χ4v) is 3.47. The number of amides is 2. The number of hydrogen-bond acceptors (Lipinski definition) is 3. The number of carboxylic acid groups (broad SMARTS) is 1. The first-order valence-electron chi connectivity index (χ1n) is 7.90. The summed E-state index contributed by atoms with van der Waals surface area (Å²) in [5.74, 6) is -0.882. The molecule has 0 bridgehead atoms. The molecule has 0 aromatic carbocycles. The van der Waals surface area contributed by atoms with Crippen molar-refractivity contribution in [2.24, 2.45) is 5.92 Å². The molecule has 2 saturated heterocycles. The third-order valence-corrected chi connectivity index (χ3v) is 4.98. The number of carboxylic acids is 1. The molecular weight excluding hydrogens is 270 g/mol. The lowest BCUT2D eigenvalue weighted by Crippen LogP contribution is -2.58. The number of hydrogen-bond donors (Lipinski definition) is 2. The van der Waals surface area contributed by atoms with Crippen LogP contribution in [0.4, 0.5) is 4.79 Å². The Kier molecular flexibility index (Phi) is 5.08. The van der Waals surface area contributed by atoms with E-state index in [9.17, 15) is 14.7 Å². The number of urea groups is 1. The average molecular weight is 297 g/mol. The van der Waals surface area contributed by atoms with Gasteiger partial charge in [0.05, 0.1) is 0 Å². The second kappa shape index (κ2) is 6.64. The normalized spacial score (nSPS) is 34.5. The molecule has 0 aliphatic carbocycles. The van der Waals surface area contributed by atoms with Crippen molar-refractivity contribution in [3.8, 4) is 0 Å². The minimum Gasteiger partial charge on any atom is -0.480 e. The first kappa shape index (κ1) is 16.1. The van der Waals surface area contributed by atoms with Gasteiger partial charge in [-0.3, -0.25) is 0 Å². The summed E-state index contributed by atoms with van der Waals surface area (Å²) >= 11 is 0. The van der Waals surface area contributed by atoms with Gasteiger partial charge in [-0.1, -0.05) is 6.92 Å². The molecule has 120 valence electrons. The van der Waals surface area contributed by atoms with Crippen molar-refractivity contribution in [1.29, 1.82) is 0 Å². The first-order chi connectivity index (χ1) is 9.90. The minimum absolute atomic E-state index is 0.0124. The van der Waals surface area contributed by atoms with Crippen LogP contribution in [0.2, 0.25) is 0 Å². The topological polar surface area (TPSA) is 72.9 Å². The van der Waals surface area contributed by atoms with Gasteiger partial charge in [0, 0.05) is 25.2 Å². The van der Waals surface area contributed by atoms with E-state index in [4.69, 9.17) is 0 Å². The number of rotatable bonds is 2. The lowest BCUT2D eigenvalue weighted by atomic mass is 9.91.